The van der Waals surface area contributed by atoms with E-state index in [4.69, 9.17) is 0 Å². The van der Waals surface area contributed by atoms with Gasteiger partial charge in [0.25, 0.3) is 5.91 Å². The number of amides is 1. The first-order valence-electron chi connectivity index (χ1n) is 9.13. The Morgan fingerprint density at radius 1 is 0.963 bits per heavy atom. The van der Waals surface area contributed by atoms with E-state index in [9.17, 15) is 4.79 Å². The smallest absolute Gasteiger partial charge is 0.276 e. The second-order valence-corrected chi connectivity index (χ2v) is 7.05. The van der Waals surface area contributed by atoms with Crippen LogP contribution in [0.4, 0.5) is 11.5 Å². The first kappa shape index (κ1) is 17.2. The number of nitrogens with zero attached hydrogens (tertiary/aromatic N) is 3. The van der Waals surface area contributed by atoms with E-state index in [1.165, 1.54) is 11.1 Å². The Bertz CT molecular complexity index is 962. The molecule has 27 heavy (non-hydrogen) atoms. The first-order chi connectivity index (χ1) is 13.1. The van der Waals surface area contributed by atoms with E-state index in [1.54, 1.807) is 6.07 Å². The van der Waals surface area contributed by atoms with Gasteiger partial charge in [-0.2, -0.15) is 0 Å². The van der Waals surface area contributed by atoms with Gasteiger partial charge in [0.1, 0.15) is 0 Å². The number of carbonyl (C=O) groups is 1. The Labute approximate surface area is 159 Å². The molecule has 1 N–H and O–H groups in total. The fourth-order valence-corrected chi connectivity index (χ4v) is 3.55. The lowest BCUT2D eigenvalue weighted by Crippen LogP contribution is -2.31. The highest BCUT2D eigenvalue weighted by molar-refractivity contribution is 6.02. The van der Waals surface area contributed by atoms with Crippen molar-refractivity contribution in [3.05, 3.63) is 82.5 Å². The van der Waals surface area contributed by atoms with Crippen LogP contribution in [0.15, 0.2) is 54.6 Å². The molecule has 5 nitrogen and oxygen atoms in total. The van der Waals surface area contributed by atoms with Gasteiger partial charge in [0, 0.05) is 18.8 Å². The van der Waals surface area contributed by atoms with E-state index in [0.29, 0.717) is 5.69 Å². The average molecular weight is 358 g/mol. The normalized spacial score (nSPS) is 13.2. The molecule has 0 atom stereocenters. The van der Waals surface area contributed by atoms with Crippen molar-refractivity contribution in [2.45, 2.75) is 26.8 Å². The van der Waals surface area contributed by atoms with E-state index >= 15 is 0 Å². The lowest BCUT2D eigenvalue weighted by Gasteiger charge is -2.29. The van der Waals surface area contributed by atoms with Crippen molar-refractivity contribution in [3.8, 4) is 0 Å². The number of benzene rings is 2. The predicted octanol–water partition coefficient (Wildman–Crippen LogP) is 3.91. The van der Waals surface area contributed by atoms with Gasteiger partial charge in [-0.15, -0.1) is 10.2 Å². The zero-order valence-corrected chi connectivity index (χ0v) is 15.6. The van der Waals surface area contributed by atoms with Crippen molar-refractivity contribution in [2.75, 3.05) is 16.8 Å². The summed E-state index contributed by atoms with van der Waals surface area (Å²) < 4.78 is 0. The minimum atomic E-state index is -0.247. The molecule has 1 aliphatic rings. The van der Waals surface area contributed by atoms with Crippen LogP contribution in [0.5, 0.6) is 0 Å². The third kappa shape index (κ3) is 3.82. The lowest BCUT2D eigenvalue weighted by atomic mass is 10.00. The topological polar surface area (TPSA) is 58.1 Å². The van der Waals surface area contributed by atoms with Gasteiger partial charge in [0.05, 0.1) is 0 Å². The van der Waals surface area contributed by atoms with Crippen LogP contribution >= 0.6 is 0 Å². The second-order valence-electron chi connectivity index (χ2n) is 7.05. The highest BCUT2D eigenvalue weighted by Gasteiger charge is 2.18. The SMILES string of the molecule is Cc1cc(C)cc(NC(=O)c2ccc(N3CCc4ccccc4C3)nn2)c1. The number of hydrogen-bond donors (Lipinski definition) is 1. The third-order valence-electron chi connectivity index (χ3n) is 4.82. The Balaban J connectivity index is 1.47. The molecule has 0 fully saturated rings. The van der Waals surface area contributed by atoms with E-state index in [0.717, 1.165) is 42.1 Å². The molecular weight excluding hydrogens is 336 g/mol. The van der Waals surface area contributed by atoms with Gasteiger partial charge < -0.3 is 10.2 Å². The minimum absolute atomic E-state index is 0.247. The zero-order chi connectivity index (χ0) is 18.8. The van der Waals surface area contributed by atoms with E-state index < -0.39 is 0 Å². The van der Waals surface area contributed by atoms with Gasteiger partial charge in [-0.05, 0) is 66.8 Å². The number of nitrogens with one attached hydrogen (secondary N) is 1. The zero-order valence-electron chi connectivity index (χ0n) is 15.6. The van der Waals surface area contributed by atoms with Crippen LogP contribution in [0.25, 0.3) is 0 Å². The molecule has 1 aromatic heterocycles. The maximum Gasteiger partial charge on any atom is 0.276 e. The van der Waals surface area contributed by atoms with Crippen LogP contribution in [-0.2, 0) is 13.0 Å². The maximum atomic E-state index is 12.5. The van der Waals surface area contributed by atoms with E-state index in [-0.39, 0.29) is 5.91 Å². The average Bonchev–Trinajstić information content (AvgIpc) is 2.67. The first-order valence-corrected chi connectivity index (χ1v) is 9.13. The Morgan fingerprint density at radius 2 is 1.70 bits per heavy atom. The molecule has 4 rings (SSSR count). The van der Waals surface area contributed by atoms with Crippen molar-refractivity contribution in [3.63, 3.8) is 0 Å². The van der Waals surface area contributed by atoms with Crippen LogP contribution in [0.3, 0.4) is 0 Å². The summed E-state index contributed by atoms with van der Waals surface area (Å²) in [7, 11) is 0. The van der Waals surface area contributed by atoms with Gasteiger partial charge in [-0.25, -0.2) is 0 Å². The number of hydrogen-bond acceptors (Lipinski definition) is 4. The highest BCUT2D eigenvalue weighted by Crippen LogP contribution is 2.22. The van der Waals surface area contributed by atoms with Crippen LogP contribution in [0, 0.1) is 13.8 Å². The molecule has 1 amide bonds. The van der Waals surface area contributed by atoms with Crippen molar-refractivity contribution in [1.29, 1.82) is 0 Å². The van der Waals surface area contributed by atoms with Gasteiger partial charge in [0.15, 0.2) is 11.5 Å². The van der Waals surface area contributed by atoms with Gasteiger partial charge in [-0.3, -0.25) is 4.79 Å². The number of fused-ring (bicyclic) bond motifs is 1. The summed E-state index contributed by atoms with van der Waals surface area (Å²) >= 11 is 0. The summed E-state index contributed by atoms with van der Waals surface area (Å²) in [6.45, 7) is 5.74. The molecular formula is C22H22N4O. The Morgan fingerprint density at radius 3 is 2.41 bits per heavy atom. The molecule has 0 aliphatic carbocycles. The molecule has 0 spiro atoms. The lowest BCUT2D eigenvalue weighted by molar-refractivity contribution is 0.102. The molecule has 0 saturated heterocycles. The molecule has 2 aromatic carbocycles. The molecule has 0 saturated carbocycles. The standard InChI is InChI=1S/C22H22N4O/c1-15-11-16(2)13-19(12-15)23-22(27)20-7-8-21(25-24-20)26-10-9-17-5-3-4-6-18(17)14-26/h3-8,11-13H,9-10,14H2,1-2H3,(H,23,27). The Hall–Kier alpha value is -3.21. The summed E-state index contributed by atoms with van der Waals surface area (Å²) in [4.78, 5) is 14.7. The molecule has 5 heteroatoms. The van der Waals surface area contributed by atoms with Crippen molar-refractivity contribution >= 4 is 17.4 Å². The molecule has 1 aliphatic heterocycles. The van der Waals surface area contributed by atoms with E-state index in [2.05, 4.69) is 50.7 Å². The number of aryl methyl sites for hydroxylation is 2. The summed E-state index contributed by atoms with van der Waals surface area (Å²) in [6, 6.07) is 18.0. The van der Waals surface area contributed by atoms with E-state index in [1.807, 2.05) is 32.0 Å². The van der Waals surface area contributed by atoms with Gasteiger partial charge >= 0.3 is 0 Å². The summed E-state index contributed by atoms with van der Waals surface area (Å²) in [6.07, 6.45) is 0.993. The third-order valence-corrected chi connectivity index (χ3v) is 4.82. The Kier molecular flexibility index (Phi) is 4.59. The molecule has 3 aromatic rings. The number of rotatable bonds is 3. The quantitative estimate of drug-likeness (QED) is 0.771. The second kappa shape index (κ2) is 7.19. The number of aromatic nitrogens is 2. The van der Waals surface area contributed by atoms with Crippen LogP contribution in [0.2, 0.25) is 0 Å². The number of anilines is 2. The maximum absolute atomic E-state index is 12.5. The van der Waals surface area contributed by atoms with Crippen molar-refractivity contribution in [1.82, 2.24) is 10.2 Å². The fourth-order valence-electron chi connectivity index (χ4n) is 3.55. The number of carbonyl (C=O) groups excluding carboxylic acids is 1. The van der Waals surface area contributed by atoms with Gasteiger partial charge in [0.2, 0.25) is 0 Å². The molecule has 136 valence electrons. The monoisotopic (exact) mass is 358 g/mol. The summed E-state index contributed by atoms with van der Waals surface area (Å²) in [5, 5.41) is 11.3. The van der Waals surface area contributed by atoms with Gasteiger partial charge in [-0.1, -0.05) is 30.3 Å². The molecule has 2 heterocycles. The largest absolute Gasteiger partial charge is 0.350 e. The summed E-state index contributed by atoms with van der Waals surface area (Å²) in [5.41, 5.74) is 6.02. The van der Waals surface area contributed by atoms with Crippen molar-refractivity contribution in [2.24, 2.45) is 0 Å². The molecule has 0 bridgehead atoms. The molecule has 0 radical (unpaired) electrons. The van der Waals surface area contributed by atoms with Crippen LogP contribution in [-0.4, -0.2) is 22.6 Å². The van der Waals surface area contributed by atoms with Crippen LogP contribution < -0.4 is 10.2 Å². The highest BCUT2D eigenvalue weighted by atomic mass is 16.1. The molecule has 0 unspecified atom stereocenters. The summed E-state index contributed by atoms with van der Waals surface area (Å²) in [5.74, 6) is 0.551. The predicted molar refractivity (Wildman–Crippen MR) is 107 cm³/mol. The fraction of sp³-hybridized carbons (Fsp3) is 0.227. The van der Waals surface area contributed by atoms with Crippen LogP contribution in [0.1, 0.15) is 32.7 Å². The minimum Gasteiger partial charge on any atom is -0.350 e. The van der Waals surface area contributed by atoms with Crippen molar-refractivity contribution < 1.29 is 4.79 Å².